The quantitative estimate of drug-likeness (QED) is 0.368. The fourth-order valence-electron chi connectivity index (χ4n) is 2.02. The molecule has 0 unspecified atom stereocenters. The van der Waals surface area contributed by atoms with E-state index in [0.29, 0.717) is 17.9 Å². The first-order valence-electron chi connectivity index (χ1n) is 6.87. The van der Waals surface area contributed by atoms with Crippen molar-refractivity contribution >= 4 is 46.7 Å². The predicted octanol–water partition coefficient (Wildman–Crippen LogP) is 6.79. The lowest BCUT2D eigenvalue weighted by Crippen LogP contribution is -2.08. The van der Waals surface area contributed by atoms with Crippen LogP contribution in [0.2, 0.25) is 10.0 Å². The second-order valence-electron chi connectivity index (χ2n) is 4.77. The van der Waals surface area contributed by atoms with Crippen LogP contribution in [0.15, 0.2) is 22.1 Å². The summed E-state index contributed by atoms with van der Waals surface area (Å²) in [4.78, 5) is -0.469. The van der Waals surface area contributed by atoms with Crippen molar-refractivity contribution in [1.82, 2.24) is 9.78 Å². The summed E-state index contributed by atoms with van der Waals surface area (Å²) < 4.78 is 78.1. The van der Waals surface area contributed by atoms with Gasteiger partial charge in [0, 0.05) is 0 Å². The molecular weight excluding hydrogens is 459 g/mol. The fraction of sp³-hybridized carbons (Fsp3) is 0.286. The van der Waals surface area contributed by atoms with Gasteiger partial charge in [-0.1, -0.05) is 30.1 Å². The first kappa shape index (κ1) is 22.1. The average Bonchev–Trinajstić information content (AvgIpc) is 2.82. The molecule has 0 spiro atoms. The van der Waals surface area contributed by atoms with Gasteiger partial charge < -0.3 is 0 Å². The number of rotatable bonds is 4. The molecule has 13 heteroatoms. The summed E-state index contributed by atoms with van der Waals surface area (Å²) in [5.41, 5.74) is -6.60. The van der Waals surface area contributed by atoms with E-state index in [9.17, 15) is 26.3 Å². The topological polar surface area (TPSA) is 41.6 Å². The Balaban J connectivity index is 2.74. The summed E-state index contributed by atoms with van der Waals surface area (Å²) in [5, 5.41) is 11.9. The zero-order valence-electron chi connectivity index (χ0n) is 13.0. The molecule has 1 aromatic heterocycles. The Morgan fingerprint density at radius 1 is 1.15 bits per heavy atom. The summed E-state index contributed by atoms with van der Waals surface area (Å²) in [6, 6.07) is 2.73. The van der Waals surface area contributed by atoms with Crippen molar-refractivity contribution in [2.75, 3.05) is 5.75 Å². The van der Waals surface area contributed by atoms with Crippen LogP contribution in [-0.4, -0.2) is 21.0 Å². The number of hydrogen-bond acceptors (Lipinski definition) is 4. The van der Waals surface area contributed by atoms with Crippen molar-refractivity contribution in [1.29, 1.82) is 5.26 Å². The molecule has 146 valence electrons. The summed E-state index contributed by atoms with van der Waals surface area (Å²) in [7, 11) is 0. The van der Waals surface area contributed by atoms with E-state index in [1.807, 2.05) is 0 Å². The Labute approximate surface area is 167 Å². The molecule has 0 aliphatic rings. The monoisotopic (exact) mass is 465 g/mol. The summed E-state index contributed by atoms with van der Waals surface area (Å²) in [6.45, 7) is 1.64. The number of halogens is 8. The highest BCUT2D eigenvalue weighted by Gasteiger charge is 2.36. The Bertz CT molecular complexity index is 879. The van der Waals surface area contributed by atoms with E-state index in [1.165, 1.54) is 0 Å². The maximum atomic E-state index is 12.9. The van der Waals surface area contributed by atoms with Crippen LogP contribution in [0, 0.1) is 11.3 Å². The first-order valence-corrected chi connectivity index (χ1v) is 9.43. The Hall–Kier alpha value is -1.22. The largest absolute Gasteiger partial charge is 0.446 e. The third kappa shape index (κ3) is 4.99. The van der Waals surface area contributed by atoms with Crippen LogP contribution in [-0.2, 0) is 6.18 Å². The van der Waals surface area contributed by atoms with E-state index in [1.54, 1.807) is 13.0 Å². The third-order valence-corrected chi connectivity index (χ3v) is 5.43. The minimum atomic E-state index is -4.72. The number of nitrogens with zero attached hydrogens (tertiary/aromatic N) is 3. The van der Waals surface area contributed by atoms with Crippen LogP contribution in [0.4, 0.5) is 26.3 Å². The molecule has 0 aliphatic heterocycles. The van der Waals surface area contributed by atoms with E-state index < -0.39 is 49.6 Å². The Morgan fingerprint density at radius 2 is 1.70 bits per heavy atom. The molecule has 0 aliphatic carbocycles. The van der Waals surface area contributed by atoms with Gasteiger partial charge in [0.25, 0.3) is 0 Å². The van der Waals surface area contributed by atoms with Crippen LogP contribution in [0.1, 0.15) is 18.2 Å². The molecule has 2 aromatic rings. The van der Waals surface area contributed by atoms with Crippen molar-refractivity contribution in [2.45, 2.75) is 28.5 Å². The van der Waals surface area contributed by atoms with E-state index in [0.717, 1.165) is 16.4 Å². The summed E-state index contributed by atoms with van der Waals surface area (Å²) in [5.74, 6) is 0.303. The zero-order valence-corrected chi connectivity index (χ0v) is 16.2. The van der Waals surface area contributed by atoms with Crippen molar-refractivity contribution in [3.05, 3.63) is 33.4 Å². The normalized spacial score (nSPS) is 12.3. The molecule has 1 aromatic carbocycles. The average molecular weight is 466 g/mol. The van der Waals surface area contributed by atoms with Gasteiger partial charge in [-0.2, -0.15) is 36.7 Å². The Kier molecular flexibility index (Phi) is 6.56. The van der Waals surface area contributed by atoms with Crippen LogP contribution < -0.4 is 0 Å². The standard InChI is InChI=1S/C14H7Cl2F6N3S2/c1-2-26-12-11(27-14(20,21)22)9(5-23)24-25(12)10-7(15)3-6(4-8(10)16)13(17,18)19/h3-4H,2H2,1H3. The minimum Gasteiger partial charge on any atom is -0.222 e. The molecular formula is C14H7Cl2F6N3S2. The second kappa shape index (κ2) is 8.03. The molecule has 0 fully saturated rings. The molecule has 0 radical (unpaired) electrons. The van der Waals surface area contributed by atoms with Crippen LogP contribution in [0.25, 0.3) is 5.69 Å². The molecule has 0 bridgehead atoms. The maximum absolute atomic E-state index is 12.9. The SMILES string of the molecule is CCSc1c(SC(F)(F)F)c(C#N)nn1-c1c(Cl)cc(C(F)(F)F)cc1Cl. The van der Waals surface area contributed by atoms with E-state index in [2.05, 4.69) is 5.10 Å². The van der Waals surface area contributed by atoms with Gasteiger partial charge in [-0.05, 0) is 29.6 Å². The molecule has 0 N–H and O–H groups in total. The molecule has 3 nitrogen and oxygen atoms in total. The van der Waals surface area contributed by atoms with E-state index in [4.69, 9.17) is 28.5 Å². The van der Waals surface area contributed by atoms with Gasteiger partial charge in [0.2, 0.25) is 0 Å². The van der Waals surface area contributed by atoms with Crippen molar-refractivity contribution in [2.24, 2.45) is 0 Å². The fourth-order valence-corrected chi connectivity index (χ4v) is 4.31. The van der Waals surface area contributed by atoms with Crippen LogP contribution in [0.3, 0.4) is 0 Å². The van der Waals surface area contributed by atoms with E-state index in [-0.39, 0.29) is 10.7 Å². The number of thioether (sulfide) groups is 2. The molecule has 0 saturated heterocycles. The lowest BCUT2D eigenvalue weighted by molar-refractivity contribution is -0.137. The van der Waals surface area contributed by atoms with Gasteiger partial charge in [0.15, 0.2) is 5.69 Å². The molecule has 2 rings (SSSR count). The number of nitriles is 1. The molecule has 27 heavy (non-hydrogen) atoms. The molecule has 1 heterocycles. The highest BCUT2D eigenvalue weighted by molar-refractivity contribution is 8.02. The Morgan fingerprint density at radius 3 is 2.11 bits per heavy atom. The minimum absolute atomic E-state index is 0.0973. The van der Waals surface area contributed by atoms with Crippen molar-refractivity contribution < 1.29 is 26.3 Å². The van der Waals surface area contributed by atoms with Crippen LogP contribution in [0.5, 0.6) is 0 Å². The van der Waals surface area contributed by atoms with Gasteiger partial charge in [0.05, 0.1) is 20.5 Å². The van der Waals surface area contributed by atoms with Crippen molar-refractivity contribution in [3.63, 3.8) is 0 Å². The van der Waals surface area contributed by atoms with E-state index >= 15 is 0 Å². The number of benzene rings is 1. The lowest BCUT2D eigenvalue weighted by atomic mass is 10.2. The predicted molar refractivity (Wildman–Crippen MR) is 91.6 cm³/mol. The number of hydrogen-bond donors (Lipinski definition) is 0. The maximum Gasteiger partial charge on any atom is 0.446 e. The van der Waals surface area contributed by atoms with Gasteiger partial charge in [-0.3, -0.25) is 0 Å². The molecule has 0 atom stereocenters. The smallest absolute Gasteiger partial charge is 0.222 e. The zero-order chi connectivity index (χ0) is 20.6. The summed E-state index contributed by atoms with van der Waals surface area (Å²) >= 11 is 12.2. The lowest BCUT2D eigenvalue weighted by Gasteiger charge is -2.14. The van der Waals surface area contributed by atoms with Gasteiger partial charge in [0.1, 0.15) is 16.8 Å². The van der Waals surface area contributed by atoms with Gasteiger partial charge in [-0.25, -0.2) is 4.68 Å². The molecule has 0 saturated carbocycles. The number of aromatic nitrogens is 2. The molecule has 0 amide bonds. The third-order valence-electron chi connectivity index (χ3n) is 2.96. The first-order chi connectivity index (χ1) is 12.4. The van der Waals surface area contributed by atoms with Gasteiger partial charge in [-0.15, -0.1) is 11.8 Å². The number of alkyl halides is 6. The highest BCUT2D eigenvalue weighted by Crippen LogP contribution is 2.46. The summed E-state index contributed by atoms with van der Waals surface area (Å²) in [6.07, 6.45) is -4.72. The highest BCUT2D eigenvalue weighted by atomic mass is 35.5. The van der Waals surface area contributed by atoms with Crippen molar-refractivity contribution in [3.8, 4) is 11.8 Å². The van der Waals surface area contributed by atoms with Crippen LogP contribution >= 0.6 is 46.7 Å². The second-order valence-corrected chi connectivity index (χ2v) is 7.92. The van der Waals surface area contributed by atoms with Gasteiger partial charge >= 0.3 is 11.7 Å².